The van der Waals surface area contributed by atoms with Crippen LogP contribution in [-0.2, 0) is 0 Å². The second kappa shape index (κ2) is 6.29. The molecule has 1 atom stereocenters. The number of aryl methyl sites for hydroxylation is 1. The van der Waals surface area contributed by atoms with Crippen molar-refractivity contribution in [3.8, 4) is 5.75 Å². The van der Waals surface area contributed by atoms with E-state index in [1.165, 1.54) is 0 Å². The van der Waals surface area contributed by atoms with Gasteiger partial charge in [0.05, 0.1) is 11.9 Å². The first-order valence-electron chi connectivity index (χ1n) is 5.76. The fraction of sp³-hybridized carbons (Fsp3) is 0.200. The fourth-order valence-corrected chi connectivity index (χ4v) is 3.54. The molecule has 0 aromatic heterocycles. The quantitative estimate of drug-likeness (QED) is 0.579. The maximum atomic E-state index is 6.29. The SMILES string of the molecule is COc1ccc(C(Br)c2ccc(Br)cc2Cl)cc1C. The molecule has 0 aliphatic carbocycles. The van der Waals surface area contributed by atoms with E-state index in [4.69, 9.17) is 16.3 Å². The highest BCUT2D eigenvalue weighted by Crippen LogP contribution is 2.37. The number of hydrogen-bond acceptors (Lipinski definition) is 1. The first-order valence-corrected chi connectivity index (χ1v) is 7.85. The van der Waals surface area contributed by atoms with Gasteiger partial charge in [-0.15, -0.1) is 0 Å². The molecule has 2 rings (SSSR count). The van der Waals surface area contributed by atoms with Gasteiger partial charge in [-0.3, -0.25) is 0 Å². The maximum Gasteiger partial charge on any atom is 0.121 e. The predicted octanol–water partition coefficient (Wildman–Crippen LogP) is 5.90. The van der Waals surface area contributed by atoms with Crippen LogP contribution in [0, 0.1) is 6.92 Å². The number of alkyl halides is 1. The van der Waals surface area contributed by atoms with Crippen LogP contribution in [0.3, 0.4) is 0 Å². The van der Waals surface area contributed by atoms with E-state index in [2.05, 4.69) is 37.9 Å². The van der Waals surface area contributed by atoms with Crippen LogP contribution in [0.4, 0.5) is 0 Å². The van der Waals surface area contributed by atoms with Crippen molar-refractivity contribution in [1.29, 1.82) is 0 Å². The molecule has 0 saturated carbocycles. The molecule has 0 heterocycles. The molecule has 4 heteroatoms. The monoisotopic (exact) mass is 402 g/mol. The topological polar surface area (TPSA) is 9.23 Å². The van der Waals surface area contributed by atoms with Crippen LogP contribution in [0.2, 0.25) is 5.02 Å². The Hall–Kier alpha value is -0.510. The van der Waals surface area contributed by atoms with E-state index in [1.807, 2.05) is 37.3 Å². The predicted molar refractivity (Wildman–Crippen MR) is 87.7 cm³/mol. The minimum absolute atomic E-state index is 0.0673. The van der Waals surface area contributed by atoms with E-state index in [1.54, 1.807) is 7.11 Å². The van der Waals surface area contributed by atoms with E-state index < -0.39 is 0 Å². The molecular formula is C15H13Br2ClO. The van der Waals surface area contributed by atoms with Gasteiger partial charge in [0, 0.05) is 9.50 Å². The van der Waals surface area contributed by atoms with Crippen LogP contribution in [-0.4, -0.2) is 7.11 Å². The van der Waals surface area contributed by atoms with Gasteiger partial charge in [0.15, 0.2) is 0 Å². The van der Waals surface area contributed by atoms with E-state index in [0.717, 1.165) is 31.9 Å². The molecular weight excluding hydrogens is 391 g/mol. The first-order chi connectivity index (χ1) is 9.02. The molecule has 100 valence electrons. The lowest BCUT2D eigenvalue weighted by atomic mass is 10.0. The van der Waals surface area contributed by atoms with Crippen molar-refractivity contribution >= 4 is 43.5 Å². The minimum atomic E-state index is 0.0673. The van der Waals surface area contributed by atoms with Crippen LogP contribution >= 0.6 is 43.5 Å². The van der Waals surface area contributed by atoms with Crippen LogP contribution < -0.4 is 4.74 Å². The van der Waals surface area contributed by atoms with Crippen molar-refractivity contribution in [3.05, 3.63) is 62.6 Å². The van der Waals surface area contributed by atoms with Crippen molar-refractivity contribution < 1.29 is 4.74 Å². The Kier molecular flexibility index (Phi) is 4.93. The summed E-state index contributed by atoms with van der Waals surface area (Å²) in [4.78, 5) is 0.0673. The lowest BCUT2D eigenvalue weighted by Gasteiger charge is -2.15. The smallest absolute Gasteiger partial charge is 0.121 e. The van der Waals surface area contributed by atoms with Crippen molar-refractivity contribution in [2.75, 3.05) is 7.11 Å². The Morgan fingerprint density at radius 3 is 2.47 bits per heavy atom. The Labute approximate surface area is 135 Å². The summed E-state index contributed by atoms with van der Waals surface area (Å²) in [5.41, 5.74) is 3.31. The molecule has 0 N–H and O–H groups in total. The van der Waals surface area contributed by atoms with Crippen molar-refractivity contribution in [1.82, 2.24) is 0 Å². The first kappa shape index (κ1) is 14.9. The second-order valence-electron chi connectivity index (χ2n) is 4.26. The molecule has 19 heavy (non-hydrogen) atoms. The van der Waals surface area contributed by atoms with E-state index in [-0.39, 0.29) is 4.83 Å². The third-order valence-electron chi connectivity index (χ3n) is 2.95. The number of hydrogen-bond donors (Lipinski definition) is 0. The molecule has 0 amide bonds. The number of rotatable bonds is 3. The molecule has 0 aliphatic heterocycles. The summed E-state index contributed by atoms with van der Waals surface area (Å²) in [5.74, 6) is 0.894. The van der Waals surface area contributed by atoms with Crippen LogP contribution in [0.25, 0.3) is 0 Å². The van der Waals surface area contributed by atoms with E-state index in [0.29, 0.717) is 0 Å². The van der Waals surface area contributed by atoms with Crippen molar-refractivity contribution in [3.63, 3.8) is 0 Å². The van der Waals surface area contributed by atoms with Crippen LogP contribution in [0.5, 0.6) is 5.75 Å². The fourth-order valence-electron chi connectivity index (χ4n) is 1.95. The Morgan fingerprint density at radius 2 is 1.89 bits per heavy atom. The standard InChI is InChI=1S/C15H13Br2ClO/c1-9-7-10(3-6-14(9)19-2)15(17)12-5-4-11(16)8-13(12)18/h3-8,15H,1-2H3. The number of benzene rings is 2. The van der Waals surface area contributed by atoms with E-state index >= 15 is 0 Å². The molecule has 0 fully saturated rings. The zero-order chi connectivity index (χ0) is 14.0. The normalized spacial score (nSPS) is 12.3. The van der Waals surface area contributed by atoms with Gasteiger partial charge in [0.25, 0.3) is 0 Å². The third kappa shape index (κ3) is 3.33. The molecule has 0 radical (unpaired) electrons. The summed E-state index contributed by atoms with van der Waals surface area (Å²) in [6, 6.07) is 12.0. The number of methoxy groups -OCH3 is 1. The van der Waals surface area contributed by atoms with Gasteiger partial charge in [-0.05, 0) is 41.8 Å². The molecule has 1 unspecified atom stereocenters. The van der Waals surface area contributed by atoms with Gasteiger partial charge in [0.2, 0.25) is 0 Å². The van der Waals surface area contributed by atoms with Gasteiger partial charge in [-0.1, -0.05) is 61.7 Å². The number of halogens is 3. The Morgan fingerprint density at radius 1 is 1.16 bits per heavy atom. The van der Waals surface area contributed by atoms with Crippen molar-refractivity contribution in [2.24, 2.45) is 0 Å². The number of ether oxygens (including phenoxy) is 1. The maximum absolute atomic E-state index is 6.29. The molecule has 0 saturated heterocycles. The molecule has 1 nitrogen and oxygen atoms in total. The second-order valence-corrected chi connectivity index (χ2v) is 6.50. The lowest BCUT2D eigenvalue weighted by Crippen LogP contribution is -1.96. The van der Waals surface area contributed by atoms with Gasteiger partial charge in [-0.25, -0.2) is 0 Å². The summed E-state index contributed by atoms with van der Waals surface area (Å²) < 4.78 is 6.26. The summed E-state index contributed by atoms with van der Waals surface area (Å²) >= 11 is 13.4. The molecule has 2 aromatic carbocycles. The average molecular weight is 405 g/mol. The third-order valence-corrected chi connectivity index (χ3v) is 4.79. The van der Waals surface area contributed by atoms with E-state index in [9.17, 15) is 0 Å². The molecule has 2 aromatic rings. The lowest BCUT2D eigenvalue weighted by molar-refractivity contribution is 0.411. The summed E-state index contributed by atoms with van der Waals surface area (Å²) in [5, 5.41) is 0.740. The van der Waals surface area contributed by atoms with Gasteiger partial charge in [0.1, 0.15) is 5.75 Å². The van der Waals surface area contributed by atoms with Crippen LogP contribution in [0.1, 0.15) is 21.5 Å². The van der Waals surface area contributed by atoms with Gasteiger partial charge < -0.3 is 4.74 Å². The Balaban J connectivity index is 2.38. The highest BCUT2D eigenvalue weighted by Gasteiger charge is 2.15. The highest BCUT2D eigenvalue weighted by atomic mass is 79.9. The largest absolute Gasteiger partial charge is 0.496 e. The summed E-state index contributed by atoms with van der Waals surface area (Å²) in [6.45, 7) is 2.03. The van der Waals surface area contributed by atoms with Crippen LogP contribution in [0.15, 0.2) is 40.9 Å². The molecule has 0 spiro atoms. The van der Waals surface area contributed by atoms with Gasteiger partial charge in [-0.2, -0.15) is 0 Å². The summed E-state index contributed by atoms with van der Waals surface area (Å²) in [6.07, 6.45) is 0. The Bertz CT molecular complexity index is 599. The minimum Gasteiger partial charge on any atom is -0.496 e. The zero-order valence-electron chi connectivity index (χ0n) is 10.6. The highest BCUT2D eigenvalue weighted by molar-refractivity contribution is 9.10. The van der Waals surface area contributed by atoms with Crippen molar-refractivity contribution in [2.45, 2.75) is 11.8 Å². The summed E-state index contributed by atoms with van der Waals surface area (Å²) in [7, 11) is 1.68. The molecule has 0 aliphatic rings. The molecule has 0 bridgehead atoms. The van der Waals surface area contributed by atoms with Gasteiger partial charge >= 0.3 is 0 Å². The zero-order valence-corrected chi connectivity index (χ0v) is 14.5. The average Bonchev–Trinajstić information content (AvgIpc) is 2.38.